The van der Waals surface area contributed by atoms with Gasteiger partial charge in [0.05, 0.1) is 0 Å². The van der Waals surface area contributed by atoms with Gasteiger partial charge in [0.25, 0.3) is 0 Å². The largest absolute Gasteiger partial charge is 0.396 e. The van der Waals surface area contributed by atoms with Gasteiger partial charge in [0.1, 0.15) is 0 Å². The minimum atomic E-state index is 0.0992. The molecule has 0 aliphatic rings. The number of carbonyl (C=O) groups excluding carboxylic acids is 1. The highest BCUT2D eigenvalue weighted by molar-refractivity contribution is 5.76. The minimum absolute atomic E-state index is 0.0992. The lowest BCUT2D eigenvalue weighted by molar-refractivity contribution is -0.122. The van der Waals surface area contributed by atoms with Gasteiger partial charge in [0, 0.05) is 19.1 Å². The van der Waals surface area contributed by atoms with Crippen LogP contribution in [0.5, 0.6) is 0 Å². The summed E-state index contributed by atoms with van der Waals surface area (Å²) in [5.41, 5.74) is 0.294. The van der Waals surface area contributed by atoms with E-state index in [1.165, 1.54) is 0 Å². The first-order valence-corrected chi connectivity index (χ1v) is 6.66. The monoisotopic (exact) mass is 243 g/mol. The van der Waals surface area contributed by atoms with Crippen LogP contribution >= 0.6 is 0 Å². The molecule has 102 valence electrons. The molecule has 0 heterocycles. The molecule has 0 aromatic rings. The number of rotatable bonds is 7. The van der Waals surface area contributed by atoms with Crippen LogP contribution in [0.4, 0.5) is 0 Å². The minimum Gasteiger partial charge on any atom is -0.396 e. The van der Waals surface area contributed by atoms with E-state index >= 15 is 0 Å². The first-order valence-electron chi connectivity index (χ1n) is 6.66. The molecule has 2 N–H and O–H groups in total. The summed E-state index contributed by atoms with van der Waals surface area (Å²) in [6.45, 7) is 10.8. The lowest BCUT2D eigenvalue weighted by atomic mass is 9.90. The zero-order chi connectivity index (χ0) is 13.5. The normalized spacial score (nSPS) is 13.8. The number of aliphatic hydroxyl groups excluding tert-OH is 1. The molecule has 0 aliphatic heterocycles. The van der Waals surface area contributed by atoms with Crippen molar-refractivity contribution in [2.24, 2.45) is 11.3 Å². The predicted octanol–water partition coefficient (Wildman–Crippen LogP) is 2.73. The van der Waals surface area contributed by atoms with Crippen LogP contribution in [0.1, 0.15) is 60.3 Å². The second kappa shape index (κ2) is 7.70. The van der Waals surface area contributed by atoms with Gasteiger partial charge in [-0.15, -0.1) is 0 Å². The Bertz CT molecular complexity index is 219. The molecule has 0 saturated heterocycles. The van der Waals surface area contributed by atoms with Crippen molar-refractivity contribution in [3.05, 3.63) is 0 Å². The third-order valence-electron chi connectivity index (χ3n) is 2.92. The Morgan fingerprint density at radius 2 is 1.88 bits per heavy atom. The van der Waals surface area contributed by atoms with Crippen molar-refractivity contribution in [2.45, 2.75) is 66.3 Å². The highest BCUT2D eigenvalue weighted by Gasteiger charge is 2.16. The van der Waals surface area contributed by atoms with E-state index in [0.717, 1.165) is 12.8 Å². The molecule has 3 heteroatoms. The average Bonchev–Trinajstić information content (AvgIpc) is 2.14. The van der Waals surface area contributed by atoms with E-state index in [1.807, 2.05) is 0 Å². The molecule has 0 spiro atoms. The van der Waals surface area contributed by atoms with E-state index in [0.29, 0.717) is 24.2 Å². The van der Waals surface area contributed by atoms with Gasteiger partial charge in [-0.2, -0.15) is 0 Å². The van der Waals surface area contributed by atoms with Crippen molar-refractivity contribution in [2.75, 3.05) is 6.61 Å². The summed E-state index contributed by atoms with van der Waals surface area (Å²) in [6, 6.07) is 0.0992. The molecule has 1 amide bonds. The van der Waals surface area contributed by atoms with Gasteiger partial charge >= 0.3 is 0 Å². The van der Waals surface area contributed by atoms with Crippen LogP contribution in [0.3, 0.4) is 0 Å². The van der Waals surface area contributed by atoms with Gasteiger partial charge in [-0.1, -0.05) is 34.6 Å². The number of hydrogen-bond donors (Lipinski definition) is 2. The van der Waals surface area contributed by atoms with Crippen molar-refractivity contribution in [3.8, 4) is 0 Å². The third kappa shape index (κ3) is 9.16. The predicted molar refractivity (Wildman–Crippen MR) is 71.8 cm³/mol. The topological polar surface area (TPSA) is 49.3 Å². The lowest BCUT2D eigenvalue weighted by Gasteiger charge is -2.22. The molecule has 0 fully saturated rings. The first-order chi connectivity index (χ1) is 7.76. The molecule has 0 aliphatic carbocycles. The fourth-order valence-electron chi connectivity index (χ4n) is 1.77. The second-order valence-corrected chi connectivity index (χ2v) is 6.34. The first kappa shape index (κ1) is 16.4. The van der Waals surface area contributed by atoms with E-state index in [1.54, 1.807) is 0 Å². The highest BCUT2D eigenvalue weighted by atomic mass is 16.3. The number of amides is 1. The molecule has 3 nitrogen and oxygen atoms in total. The molecule has 0 aromatic heterocycles. The smallest absolute Gasteiger partial charge is 0.220 e. The molecule has 1 atom stereocenters. The van der Waals surface area contributed by atoms with Gasteiger partial charge in [-0.05, 0) is 30.6 Å². The Balaban J connectivity index is 3.90. The van der Waals surface area contributed by atoms with Gasteiger partial charge in [0.15, 0.2) is 0 Å². The molecular weight excluding hydrogens is 214 g/mol. The van der Waals surface area contributed by atoms with Gasteiger partial charge in [-0.3, -0.25) is 4.79 Å². The van der Waals surface area contributed by atoms with Crippen LogP contribution in [0, 0.1) is 11.3 Å². The summed E-state index contributed by atoms with van der Waals surface area (Å²) in [5, 5.41) is 11.9. The third-order valence-corrected chi connectivity index (χ3v) is 2.92. The summed E-state index contributed by atoms with van der Waals surface area (Å²) < 4.78 is 0. The summed E-state index contributed by atoms with van der Waals surface area (Å²) in [6.07, 6.45) is 3.22. The van der Waals surface area contributed by atoms with Crippen LogP contribution < -0.4 is 5.32 Å². The second-order valence-electron chi connectivity index (χ2n) is 6.34. The quantitative estimate of drug-likeness (QED) is 0.722. The van der Waals surface area contributed by atoms with Crippen LogP contribution in [0.2, 0.25) is 0 Å². The number of nitrogens with one attached hydrogen (secondary N) is 1. The summed E-state index contributed by atoms with van der Waals surface area (Å²) in [4.78, 5) is 11.7. The van der Waals surface area contributed by atoms with Gasteiger partial charge in [0.2, 0.25) is 5.91 Å². The Kier molecular flexibility index (Phi) is 7.44. The van der Waals surface area contributed by atoms with Crippen molar-refractivity contribution < 1.29 is 9.90 Å². The maximum absolute atomic E-state index is 11.7. The Morgan fingerprint density at radius 3 is 2.29 bits per heavy atom. The number of carbonyl (C=O) groups is 1. The van der Waals surface area contributed by atoms with E-state index in [4.69, 9.17) is 5.11 Å². The molecule has 0 saturated carbocycles. The SMILES string of the molecule is CC(C)C(CCO)NC(=O)CCCC(C)(C)C. The Hall–Kier alpha value is -0.570. The van der Waals surface area contributed by atoms with E-state index in [9.17, 15) is 4.79 Å². The zero-order valence-corrected chi connectivity index (χ0v) is 12.0. The van der Waals surface area contributed by atoms with Gasteiger partial charge < -0.3 is 10.4 Å². The summed E-state index contributed by atoms with van der Waals surface area (Å²) in [7, 11) is 0. The maximum Gasteiger partial charge on any atom is 0.220 e. The average molecular weight is 243 g/mol. The van der Waals surface area contributed by atoms with E-state index in [2.05, 4.69) is 39.9 Å². The fraction of sp³-hybridized carbons (Fsp3) is 0.929. The van der Waals surface area contributed by atoms with E-state index < -0.39 is 0 Å². The Labute approximate surface area is 106 Å². The molecule has 0 rings (SSSR count). The van der Waals surface area contributed by atoms with Crippen molar-refractivity contribution in [3.63, 3.8) is 0 Å². The van der Waals surface area contributed by atoms with Crippen LogP contribution in [0.25, 0.3) is 0 Å². The fourth-order valence-corrected chi connectivity index (χ4v) is 1.77. The van der Waals surface area contributed by atoms with E-state index in [-0.39, 0.29) is 18.6 Å². The van der Waals surface area contributed by atoms with Crippen LogP contribution in [-0.2, 0) is 4.79 Å². The summed E-state index contributed by atoms with van der Waals surface area (Å²) >= 11 is 0. The molecule has 0 aromatic carbocycles. The van der Waals surface area contributed by atoms with Crippen molar-refractivity contribution >= 4 is 5.91 Å². The van der Waals surface area contributed by atoms with Crippen LogP contribution in [-0.4, -0.2) is 23.7 Å². The summed E-state index contributed by atoms with van der Waals surface area (Å²) in [5.74, 6) is 0.482. The number of hydrogen-bond acceptors (Lipinski definition) is 2. The van der Waals surface area contributed by atoms with Crippen LogP contribution in [0.15, 0.2) is 0 Å². The molecular formula is C14H29NO2. The highest BCUT2D eigenvalue weighted by Crippen LogP contribution is 2.21. The molecule has 0 bridgehead atoms. The maximum atomic E-state index is 11.7. The molecule has 1 unspecified atom stereocenters. The standard InChI is InChI=1S/C14H29NO2/c1-11(2)12(8-10-16)15-13(17)7-6-9-14(3,4)5/h11-12,16H,6-10H2,1-5H3,(H,15,17). The van der Waals surface area contributed by atoms with Crippen molar-refractivity contribution in [1.82, 2.24) is 5.32 Å². The zero-order valence-electron chi connectivity index (χ0n) is 12.0. The molecule has 17 heavy (non-hydrogen) atoms. The van der Waals surface area contributed by atoms with Gasteiger partial charge in [-0.25, -0.2) is 0 Å². The molecule has 0 radical (unpaired) electrons. The Morgan fingerprint density at radius 1 is 1.29 bits per heavy atom. The van der Waals surface area contributed by atoms with Crippen molar-refractivity contribution in [1.29, 1.82) is 0 Å². The number of aliphatic hydroxyl groups is 1. The lowest BCUT2D eigenvalue weighted by Crippen LogP contribution is -2.39.